The van der Waals surface area contributed by atoms with Crippen molar-refractivity contribution in [3.63, 3.8) is 0 Å². The van der Waals surface area contributed by atoms with Crippen LogP contribution in [0.4, 0.5) is 20.2 Å². The molecular weight excluding hydrogens is 438 g/mol. The molecule has 2 N–H and O–H groups in total. The molecule has 0 fully saturated rings. The quantitative estimate of drug-likeness (QED) is 0.467. The molecule has 0 saturated heterocycles. The minimum absolute atomic E-state index is 0.0387. The van der Waals surface area contributed by atoms with Gasteiger partial charge in [0.05, 0.1) is 31.3 Å². The van der Waals surface area contributed by atoms with Gasteiger partial charge < -0.3 is 20.1 Å². The fourth-order valence-electron chi connectivity index (χ4n) is 2.78. The number of nitrogens with one attached hydrogen (secondary N) is 2. The second kappa shape index (κ2) is 10.6. The average Bonchev–Trinajstić information content (AvgIpc) is 2.81. The van der Waals surface area contributed by atoms with E-state index in [9.17, 15) is 18.4 Å². The van der Waals surface area contributed by atoms with Crippen LogP contribution in [-0.4, -0.2) is 31.8 Å². The molecule has 0 aliphatic rings. The van der Waals surface area contributed by atoms with Gasteiger partial charge in [-0.3, -0.25) is 9.59 Å². The smallest absolute Gasteiger partial charge is 0.255 e. The molecule has 0 atom stereocenters. The summed E-state index contributed by atoms with van der Waals surface area (Å²) in [4.78, 5) is 25.3. The molecule has 0 radical (unpaired) electrons. The normalized spacial score (nSPS) is 10.4. The van der Waals surface area contributed by atoms with Crippen LogP contribution in [0.2, 0.25) is 0 Å². The molecule has 0 aromatic heterocycles. The average molecular weight is 458 g/mol. The van der Waals surface area contributed by atoms with Gasteiger partial charge in [-0.25, -0.2) is 8.78 Å². The summed E-state index contributed by atoms with van der Waals surface area (Å²) < 4.78 is 37.1. The summed E-state index contributed by atoms with van der Waals surface area (Å²) in [6.45, 7) is 0. The molecule has 2 amide bonds. The second-order valence-electron chi connectivity index (χ2n) is 6.49. The van der Waals surface area contributed by atoms with E-state index in [-0.39, 0.29) is 17.6 Å². The third kappa shape index (κ3) is 5.76. The summed E-state index contributed by atoms with van der Waals surface area (Å²) in [7, 11) is 2.86. The summed E-state index contributed by atoms with van der Waals surface area (Å²) in [5.74, 6) is -2.06. The van der Waals surface area contributed by atoms with Gasteiger partial charge in [-0.1, -0.05) is 18.2 Å². The lowest BCUT2D eigenvalue weighted by atomic mass is 10.2. The third-order valence-corrected chi connectivity index (χ3v) is 5.33. The van der Waals surface area contributed by atoms with Gasteiger partial charge in [-0.15, -0.1) is 11.8 Å². The molecule has 0 aliphatic carbocycles. The minimum Gasteiger partial charge on any atom is -0.494 e. The molecule has 3 rings (SSSR count). The lowest BCUT2D eigenvalue weighted by Gasteiger charge is -2.16. The number of benzene rings is 3. The number of carbonyl (C=O) groups is 2. The summed E-state index contributed by atoms with van der Waals surface area (Å²) in [6.07, 6.45) is 0. The number of rotatable bonds is 8. The van der Waals surface area contributed by atoms with Crippen LogP contribution in [0.3, 0.4) is 0 Å². The minimum atomic E-state index is -0.977. The van der Waals surface area contributed by atoms with Crippen molar-refractivity contribution in [2.45, 2.75) is 4.90 Å². The van der Waals surface area contributed by atoms with Crippen molar-refractivity contribution in [2.24, 2.45) is 0 Å². The van der Waals surface area contributed by atoms with Crippen molar-refractivity contribution in [3.05, 3.63) is 77.9 Å². The molecule has 32 heavy (non-hydrogen) atoms. The van der Waals surface area contributed by atoms with E-state index in [1.54, 1.807) is 24.3 Å². The Morgan fingerprint density at radius 2 is 1.47 bits per heavy atom. The highest BCUT2D eigenvalue weighted by atomic mass is 32.2. The highest BCUT2D eigenvalue weighted by Gasteiger charge is 2.16. The number of carbonyl (C=O) groups excluding carboxylic acids is 2. The van der Waals surface area contributed by atoms with Gasteiger partial charge in [0.2, 0.25) is 5.91 Å². The monoisotopic (exact) mass is 458 g/mol. The Labute approximate surface area is 187 Å². The lowest BCUT2D eigenvalue weighted by molar-refractivity contribution is -0.113. The number of anilines is 2. The number of halogens is 2. The van der Waals surface area contributed by atoms with E-state index in [2.05, 4.69) is 10.6 Å². The number of thioether (sulfide) groups is 1. The van der Waals surface area contributed by atoms with E-state index in [0.717, 1.165) is 23.9 Å². The number of hydrogen-bond acceptors (Lipinski definition) is 5. The van der Waals surface area contributed by atoms with Gasteiger partial charge in [-0.2, -0.15) is 0 Å². The number of methoxy groups -OCH3 is 2. The fourth-order valence-corrected chi connectivity index (χ4v) is 3.50. The van der Waals surface area contributed by atoms with E-state index in [1.165, 1.54) is 32.4 Å². The molecule has 0 unspecified atom stereocenters. The number of hydrogen-bond donors (Lipinski definition) is 2. The molecule has 0 aliphatic heterocycles. The zero-order valence-electron chi connectivity index (χ0n) is 17.3. The van der Waals surface area contributed by atoms with Crippen LogP contribution in [0, 0.1) is 11.6 Å². The summed E-state index contributed by atoms with van der Waals surface area (Å²) in [6, 6.07) is 15.2. The Bertz CT molecular complexity index is 1130. The maximum Gasteiger partial charge on any atom is 0.255 e. The van der Waals surface area contributed by atoms with E-state index < -0.39 is 11.6 Å². The van der Waals surface area contributed by atoms with Crippen molar-refractivity contribution >= 4 is 35.0 Å². The molecule has 0 saturated carbocycles. The molecule has 6 nitrogen and oxygen atoms in total. The second-order valence-corrected chi connectivity index (χ2v) is 7.53. The van der Waals surface area contributed by atoms with E-state index in [0.29, 0.717) is 33.3 Å². The van der Waals surface area contributed by atoms with Crippen LogP contribution in [0.25, 0.3) is 0 Å². The zero-order chi connectivity index (χ0) is 23.1. The van der Waals surface area contributed by atoms with Crippen LogP contribution in [0.15, 0.2) is 65.6 Å². The van der Waals surface area contributed by atoms with Crippen LogP contribution in [-0.2, 0) is 4.79 Å². The van der Waals surface area contributed by atoms with E-state index in [4.69, 9.17) is 9.47 Å². The topological polar surface area (TPSA) is 76.7 Å². The van der Waals surface area contributed by atoms with Gasteiger partial charge in [0.15, 0.2) is 11.6 Å². The molecule has 0 spiro atoms. The predicted octanol–water partition coefficient (Wildman–Crippen LogP) is 4.97. The van der Waals surface area contributed by atoms with Crippen molar-refractivity contribution in [3.8, 4) is 11.5 Å². The first kappa shape index (κ1) is 23.1. The summed E-state index contributed by atoms with van der Waals surface area (Å²) in [5, 5.41) is 5.46. The van der Waals surface area contributed by atoms with Crippen molar-refractivity contribution in [1.29, 1.82) is 0 Å². The molecule has 0 heterocycles. The Morgan fingerprint density at radius 1 is 0.844 bits per heavy atom. The first-order valence-electron chi connectivity index (χ1n) is 9.41. The van der Waals surface area contributed by atoms with Crippen molar-refractivity contribution in [1.82, 2.24) is 0 Å². The summed E-state index contributed by atoms with van der Waals surface area (Å²) in [5.41, 5.74) is 1.17. The molecule has 0 bridgehead atoms. The maximum absolute atomic E-state index is 13.3. The van der Waals surface area contributed by atoms with Gasteiger partial charge in [-0.05, 0) is 30.3 Å². The SMILES string of the molecule is COc1cc(NC(=O)c2ccccc2)c(OC)cc1NC(=O)CSc1ccc(F)c(F)c1. The van der Waals surface area contributed by atoms with Crippen LogP contribution in [0.5, 0.6) is 11.5 Å². The van der Waals surface area contributed by atoms with Crippen LogP contribution in [0.1, 0.15) is 10.4 Å². The first-order valence-corrected chi connectivity index (χ1v) is 10.4. The van der Waals surface area contributed by atoms with Gasteiger partial charge in [0, 0.05) is 22.6 Å². The van der Waals surface area contributed by atoms with Gasteiger partial charge >= 0.3 is 0 Å². The van der Waals surface area contributed by atoms with E-state index >= 15 is 0 Å². The Balaban J connectivity index is 1.72. The highest BCUT2D eigenvalue weighted by Crippen LogP contribution is 2.37. The Kier molecular flexibility index (Phi) is 7.67. The zero-order valence-corrected chi connectivity index (χ0v) is 18.1. The molecular formula is C23H20F2N2O4S. The molecule has 3 aromatic rings. The van der Waals surface area contributed by atoms with Crippen molar-refractivity contribution in [2.75, 3.05) is 30.6 Å². The maximum atomic E-state index is 13.3. The number of ether oxygens (including phenoxy) is 2. The largest absolute Gasteiger partial charge is 0.494 e. The molecule has 9 heteroatoms. The lowest BCUT2D eigenvalue weighted by Crippen LogP contribution is -2.16. The summed E-state index contributed by atoms with van der Waals surface area (Å²) >= 11 is 1.06. The fraction of sp³-hybridized carbons (Fsp3) is 0.130. The van der Waals surface area contributed by atoms with Crippen LogP contribution < -0.4 is 20.1 Å². The predicted molar refractivity (Wildman–Crippen MR) is 120 cm³/mol. The van der Waals surface area contributed by atoms with E-state index in [1.807, 2.05) is 6.07 Å². The van der Waals surface area contributed by atoms with Crippen molar-refractivity contribution < 1.29 is 27.8 Å². The first-order chi connectivity index (χ1) is 15.4. The Morgan fingerprint density at radius 3 is 2.06 bits per heavy atom. The molecule has 3 aromatic carbocycles. The third-order valence-electron chi connectivity index (χ3n) is 4.34. The Hall–Kier alpha value is -3.59. The number of amides is 2. The van der Waals surface area contributed by atoms with Gasteiger partial charge in [0.1, 0.15) is 11.5 Å². The standard InChI is InChI=1S/C23H20F2N2O4S/c1-30-20-12-19(27-23(29)14-6-4-3-5-7-14)21(31-2)11-18(20)26-22(28)13-32-15-8-9-16(24)17(25)10-15/h3-12H,13H2,1-2H3,(H,26,28)(H,27,29). The van der Waals surface area contributed by atoms with Gasteiger partial charge in [0.25, 0.3) is 5.91 Å². The molecule has 166 valence electrons. The highest BCUT2D eigenvalue weighted by molar-refractivity contribution is 8.00. The van der Waals surface area contributed by atoms with Crippen LogP contribution >= 0.6 is 11.8 Å².